The zero-order valence-corrected chi connectivity index (χ0v) is 32.7. The summed E-state index contributed by atoms with van der Waals surface area (Å²) in [6, 6.07) is 26.1. The number of aromatic nitrogens is 6. The van der Waals surface area contributed by atoms with Gasteiger partial charge < -0.3 is 36.5 Å². The summed E-state index contributed by atoms with van der Waals surface area (Å²) in [5, 5.41) is 19.8. The largest absolute Gasteiger partial charge is 0.506 e. The Morgan fingerprint density at radius 1 is 0.667 bits per heavy atom. The van der Waals surface area contributed by atoms with Crippen molar-refractivity contribution in [1.29, 1.82) is 0 Å². The van der Waals surface area contributed by atoms with E-state index in [1.165, 1.54) is 24.5 Å². The molecule has 7 N–H and O–H groups in total. The lowest BCUT2D eigenvalue weighted by atomic mass is 10.4. The summed E-state index contributed by atoms with van der Waals surface area (Å²) in [7, 11) is 0. The van der Waals surface area contributed by atoms with Crippen molar-refractivity contribution in [2.45, 2.75) is 23.5 Å². The predicted molar refractivity (Wildman–Crippen MR) is 214 cm³/mol. The number of rotatable bonds is 7. The maximum Gasteiger partial charge on any atom is 0.316 e. The molecule has 0 radical (unpaired) electrons. The van der Waals surface area contributed by atoms with E-state index in [9.17, 15) is 9.59 Å². The fourth-order valence-corrected chi connectivity index (χ4v) is 3.23. The zero-order chi connectivity index (χ0) is 39.7. The van der Waals surface area contributed by atoms with E-state index >= 15 is 0 Å². The number of nitrogens with zero attached hydrogens (tertiary/aromatic N) is 6. The number of nitrogens with one attached hydrogen (secondary N) is 1. The highest BCUT2D eigenvalue weighted by Crippen LogP contribution is 2.20. The summed E-state index contributed by atoms with van der Waals surface area (Å²) in [5.41, 5.74) is 10.6. The molecule has 0 bridgehead atoms. The number of carbonyl (C=O) groups is 2. The second-order valence-corrected chi connectivity index (χ2v) is 13.1. The van der Waals surface area contributed by atoms with E-state index in [-0.39, 0.29) is 16.5 Å². The topological polar surface area (TPSA) is 234 Å². The van der Waals surface area contributed by atoms with Gasteiger partial charge >= 0.3 is 5.97 Å². The van der Waals surface area contributed by atoms with E-state index in [0.717, 1.165) is 0 Å². The highest BCUT2D eigenvalue weighted by atomic mass is 79.9. The van der Waals surface area contributed by atoms with Gasteiger partial charge in [-0.2, -0.15) is 0 Å². The molecule has 0 aliphatic carbocycles. The van der Waals surface area contributed by atoms with Gasteiger partial charge in [-0.3, -0.25) is 9.59 Å². The minimum atomic E-state index is -0.824. The Kier molecular flexibility index (Phi) is 20.6. The number of carbonyl (C=O) groups excluding carboxylic acids is 1. The van der Waals surface area contributed by atoms with Crippen molar-refractivity contribution in [3.05, 3.63) is 133 Å². The summed E-state index contributed by atoms with van der Waals surface area (Å²) in [5.74, 6) is 2.75. The standard InChI is InChI=1S/C13H12BrN3O2.C10H9N3O.C5H4ClN.C5H6N2O.C3H5BrO2/c1-9(14)13(18)17-11-6-5-10(8-16-11)19-12-4-2-3-7-15-12;11-9-5-4-8(7-13-9)14-10-3-1-2-6-12-10;6-5-3-1-2-4-7-5;6-5-2-1-4(8)3-7-5;1-2(4)3(5)6/h2-9H,1H3,(H,16,17,18);1-7H,(H2,11,13);1-4H;1-3,8H,(H2,6,7);2H,1H3,(H,5,6). The van der Waals surface area contributed by atoms with Crippen molar-refractivity contribution in [1.82, 2.24) is 29.9 Å². The number of nitrogen functional groups attached to an aromatic ring is 2. The van der Waals surface area contributed by atoms with Crippen LogP contribution in [0.1, 0.15) is 13.8 Å². The molecule has 6 aromatic rings. The number of hydrogen-bond donors (Lipinski definition) is 5. The van der Waals surface area contributed by atoms with E-state index < -0.39 is 10.8 Å². The lowest BCUT2D eigenvalue weighted by molar-refractivity contribution is -0.135. The van der Waals surface area contributed by atoms with Crippen molar-refractivity contribution in [2.24, 2.45) is 0 Å². The van der Waals surface area contributed by atoms with Crippen LogP contribution in [-0.2, 0) is 9.59 Å². The smallest absolute Gasteiger partial charge is 0.316 e. The Morgan fingerprint density at radius 3 is 1.46 bits per heavy atom. The number of hydrogen-bond acceptors (Lipinski definition) is 13. The molecule has 0 spiro atoms. The molecule has 6 heterocycles. The number of aliphatic carboxylic acids is 1. The fraction of sp³-hybridized carbons (Fsp3) is 0.111. The number of nitrogens with two attached hydrogens (primary N) is 2. The second-order valence-electron chi connectivity index (χ2n) is 9.99. The number of alkyl halides is 2. The molecule has 2 atom stereocenters. The molecular formula is C36H36Br2ClN9O6. The molecule has 6 rings (SSSR count). The molecule has 6 aromatic heterocycles. The number of aromatic hydroxyl groups is 1. The van der Waals surface area contributed by atoms with E-state index in [4.69, 9.17) is 42.8 Å². The van der Waals surface area contributed by atoms with Gasteiger partial charge in [0.15, 0.2) is 0 Å². The van der Waals surface area contributed by atoms with Crippen LogP contribution in [-0.4, -0.2) is 61.6 Å². The van der Waals surface area contributed by atoms with E-state index in [2.05, 4.69) is 67.1 Å². The van der Waals surface area contributed by atoms with Gasteiger partial charge in [-0.15, -0.1) is 0 Å². The number of pyridine rings is 6. The normalized spacial score (nSPS) is 10.6. The van der Waals surface area contributed by atoms with E-state index in [1.54, 1.807) is 81.1 Å². The van der Waals surface area contributed by atoms with Crippen LogP contribution >= 0.6 is 43.5 Å². The lowest BCUT2D eigenvalue weighted by Gasteiger charge is -2.07. The van der Waals surface area contributed by atoms with Gasteiger partial charge in [0.2, 0.25) is 17.7 Å². The Bertz CT molecular complexity index is 1900. The van der Waals surface area contributed by atoms with Crippen LogP contribution in [0.15, 0.2) is 128 Å². The summed E-state index contributed by atoms with van der Waals surface area (Å²) < 4.78 is 10.9. The molecule has 18 heteroatoms. The number of amides is 1. The number of anilines is 3. The van der Waals surface area contributed by atoms with Crippen LogP contribution in [0.4, 0.5) is 17.5 Å². The zero-order valence-electron chi connectivity index (χ0n) is 28.8. The van der Waals surface area contributed by atoms with Crippen molar-refractivity contribution < 1.29 is 29.3 Å². The molecule has 0 saturated carbocycles. The van der Waals surface area contributed by atoms with Gasteiger partial charge in [0.05, 0.1) is 23.4 Å². The highest BCUT2D eigenvalue weighted by molar-refractivity contribution is 9.10. The monoisotopic (exact) mass is 883 g/mol. The van der Waals surface area contributed by atoms with Crippen LogP contribution < -0.4 is 26.3 Å². The van der Waals surface area contributed by atoms with E-state index in [0.29, 0.717) is 45.9 Å². The molecule has 0 aromatic carbocycles. The van der Waals surface area contributed by atoms with Gasteiger partial charge in [-0.1, -0.05) is 61.7 Å². The average molecular weight is 886 g/mol. The van der Waals surface area contributed by atoms with Crippen molar-refractivity contribution in [3.8, 4) is 29.0 Å². The number of carboxylic acid groups (broad SMARTS) is 1. The van der Waals surface area contributed by atoms with Crippen molar-refractivity contribution in [2.75, 3.05) is 16.8 Å². The molecule has 282 valence electrons. The summed E-state index contributed by atoms with van der Waals surface area (Å²) in [6.45, 7) is 3.30. The molecule has 0 fully saturated rings. The Labute approximate surface area is 333 Å². The fourth-order valence-electron chi connectivity index (χ4n) is 2.99. The molecule has 0 aliphatic rings. The third kappa shape index (κ3) is 20.2. The van der Waals surface area contributed by atoms with Crippen LogP contribution in [0.25, 0.3) is 0 Å². The molecule has 0 saturated heterocycles. The molecule has 1 amide bonds. The molecule has 0 aliphatic heterocycles. The minimum Gasteiger partial charge on any atom is -0.506 e. The molecule has 15 nitrogen and oxygen atoms in total. The van der Waals surface area contributed by atoms with Gasteiger partial charge in [-0.25, -0.2) is 29.9 Å². The highest BCUT2D eigenvalue weighted by Gasteiger charge is 2.09. The van der Waals surface area contributed by atoms with Gasteiger partial charge in [0, 0.05) is 30.7 Å². The maximum absolute atomic E-state index is 11.4. The SMILES string of the molecule is CC(Br)C(=O)Nc1ccc(Oc2ccccn2)cn1.CC(Br)C(=O)O.Clc1ccccn1.Nc1ccc(O)cn1.Nc1ccc(Oc2ccccn2)cn1. The number of carboxylic acids is 1. The summed E-state index contributed by atoms with van der Waals surface area (Å²) >= 11 is 11.5. The lowest BCUT2D eigenvalue weighted by Crippen LogP contribution is -2.20. The second kappa shape index (κ2) is 25.1. The van der Waals surface area contributed by atoms with Crippen LogP contribution in [0.5, 0.6) is 29.0 Å². The first kappa shape index (κ1) is 44.3. The van der Waals surface area contributed by atoms with Gasteiger partial charge in [-0.05, 0) is 74.5 Å². The number of halogens is 3. The first-order valence-electron chi connectivity index (χ1n) is 15.5. The Hall–Kier alpha value is -5.91. The molecular weight excluding hydrogens is 850 g/mol. The minimum absolute atomic E-state index is 0.138. The molecule has 54 heavy (non-hydrogen) atoms. The van der Waals surface area contributed by atoms with E-state index in [1.807, 2.05) is 36.4 Å². The third-order valence-electron chi connectivity index (χ3n) is 5.57. The van der Waals surface area contributed by atoms with Crippen LogP contribution in [0.3, 0.4) is 0 Å². The third-order valence-corrected chi connectivity index (χ3v) is 6.60. The van der Waals surface area contributed by atoms with Crippen LogP contribution in [0.2, 0.25) is 5.15 Å². The average Bonchev–Trinajstić information content (AvgIpc) is 3.17. The Balaban J connectivity index is 0.000000252. The first-order chi connectivity index (χ1) is 25.8. The quantitative estimate of drug-likeness (QED) is 0.0760. The maximum atomic E-state index is 11.4. The van der Waals surface area contributed by atoms with Crippen molar-refractivity contribution in [3.63, 3.8) is 0 Å². The number of ether oxygens (including phenoxy) is 2. The Morgan fingerprint density at radius 2 is 1.15 bits per heavy atom. The first-order valence-corrected chi connectivity index (χ1v) is 17.7. The van der Waals surface area contributed by atoms with Crippen molar-refractivity contribution >= 4 is 72.8 Å². The summed E-state index contributed by atoms with van der Waals surface area (Å²) in [4.78, 5) is 43.8. The predicted octanol–water partition coefficient (Wildman–Crippen LogP) is 7.80. The van der Waals surface area contributed by atoms with Gasteiger partial charge in [0.25, 0.3) is 0 Å². The molecule has 2 unspecified atom stereocenters. The summed E-state index contributed by atoms with van der Waals surface area (Å²) in [6.07, 6.45) is 9.36. The van der Waals surface area contributed by atoms with Crippen LogP contribution in [0, 0.1) is 0 Å². The van der Waals surface area contributed by atoms with Gasteiger partial charge in [0.1, 0.15) is 44.7 Å².